The Labute approximate surface area is 184 Å². The lowest BCUT2D eigenvalue weighted by molar-refractivity contribution is -0.116. The highest BCUT2D eigenvalue weighted by Gasteiger charge is 2.51. The molecule has 4 heteroatoms. The largest absolute Gasteiger partial charge is 0.374 e. The predicted molar refractivity (Wildman–Crippen MR) is 124 cm³/mol. The zero-order chi connectivity index (χ0) is 21.6. The molecule has 2 N–H and O–H groups in total. The van der Waals surface area contributed by atoms with Gasteiger partial charge in [-0.3, -0.25) is 9.59 Å². The van der Waals surface area contributed by atoms with Gasteiger partial charge in [0.1, 0.15) is 6.04 Å². The Kier molecular flexibility index (Phi) is 5.11. The second-order valence-electron chi connectivity index (χ2n) is 10.3. The van der Waals surface area contributed by atoms with E-state index < -0.39 is 0 Å². The summed E-state index contributed by atoms with van der Waals surface area (Å²) in [6.07, 6.45) is 8.49. The van der Waals surface area contributed by atoms with E-state index in [1.807, 2.05) is 6.92 Å². The van der Waals surface area contributed by atoms with Crippen molar-refractivity contribution in [3.63, 3.8) is 0 Å². The number of rotatable bonds is 6. The molecule has 0 unspecified atom stereocenters. The SMILES string of the molecule is CC(=O)c1ccc(NC(=O)[C@H](C)Nc2ccc(C34CC5CC(CC(C5)C3)C4)cc2)cc1. The first-order valence-electron chi connectivity index (χ1n) is 11.7. The van der Waals surface area contributed by atoms with Crippen molar-refractivity contribution in [2.24, 2.45) is 17.8 Å². The monoisotopic (exact) mass is 416 g/mol. The average Bonchev–Trinajstić information content (AvgIpc) is 2.73. The minimum absolute atomic E-state index is 0.0184. The van der Waals surface area contributed by atoms with Crippen molar-refractivity contribution in [1.29, 1.82) is 0 Å². The number of ketones is 1. The first kappa shape index (κ1) is 20.3. The van der Waals surface area contributed by atoms with Crippen LogP contribution in [0.4, 0.5) is 11.4 Å². The third-order valence-electron chi connectivity index (χ3n) is 7.87. The molecule has 4 fully saturated rings. The van der Waals surface area contributed by atoms with E-state index in [0.29, 0.717) is 16.7 Å². The van der Waals surface area contributed by atoms with E-state index in [1.165, 1.54) is 51.0 Å². The predicted octanol–water partition coefficient (Wildman–Crippen LogP) is 5.80. The lowest BCUT2D eigenvalue weighted by Crippen LogP contribution is -2.48. The van der Waals surface area contributed by atoms with Gasteiger partial charge in [-0.05, 0) is 118 Å². The topological polar surface area (TPSA) is 58.2 Å². The summed E-state index contributed by atoms with van der Waals surface area (Å²) in [6, 6.07) is 15.5. The fourth-order valence-electron chi connectivity index (χ4n) is 6.74. The fraction of sp³-hybridized carbons (Fsp3) is 0.481. The van der Waals surface area contributed by atoms with Crippen molar-refractivity contribution in [3.8, 4) is 0 Å². The number of anilines is 2. The van der Waals surface area contributed by atoms with Gasteiger partial charge < -0.3 is 10.6 Å². The molecule has 4 bridgehead atoms. The Morgan fingerprint density at radius 1 is 0.839 bits per heavy atom. The molecule has 0 aliphatic heterocycles. The summed E-state index contributed by atoms with van der Waals surface area (Å²) in [4.78, 5) is 24.0. The van der Waals surface area contributed by atoms with Crippen LogP contribution in [0.25, 0.3) is 0 Å². The van der Waals surface area contributed by atoms with Crippen molar-refractivity contribution in [1.82, 2.24) is 0 Å². The fourth-order valence-corrected chi connectivity index (χ4v) is 6.74. The summed E-state index contributed by atoms with van der Waals surface area (Å²) >= 11 is 0. The zero-order valence-corrected chi connectivity index (χ0v) is 18.5. The van der Waals surface area contributed by atoms with Gasteiger partial charge in [-0.15, -0.1) is 0 Å². The van der Waals surface area contributed by atoms with Crippen LogP contribution in [0.15, 0.2) is 48.5 Å². The highest BCUT2D eigenvalue weighted by Crippen LogP contribution is 2.60. The molecule has 162 valence electrons. The van der Waals surface area contributed by atoms with Gasteiger partial charge in [-0.2, -0.15) is 0 Å². The summed E-state index contributed by atoms with van der Waals surface area (Å²) in [5.74, 6) is 2.75. The maximum Gasteiger partial charge on any atom is 0.246 e. The van der Waals surface area contributed by atoms with Gasteiger partial charge in [-0.1, -0.05) is 12.1 Å². The molecule has 0 aromatic heterocycles. The van der Waals surface area contributed by atoms with Crippen molar-refractivity contribution < 1.29 is 9.59 Å². The minimum Gasteiger partial charge on any atom is -0.374 e. The highest BCUT2D eigenvalue weighted by atomic mass is 16.2. The van der Waals surface area contributed by atoms with Gasteiger partial charge >= 0.3 is 0 Å². The number of hydrogen-bond acceptors (Lipinski definition) is 3. The van der Waals surface area contributed by atoms with Crippen molar-refractivity contribution in [2.75, 3.05) is 10.6 Å². The summed E-state index contributed by atoms with van der Waals surface area (Å²) in [6.45, 7) is 3.40. The molecule has 4 aliphatic carbocycles. The van der Waals surface area contributed by atoms with Crippen LogP contribution in [0, 0.1) is 17.8 Å². The molecule has 0 spiro atoms. The van der Waals surface area contributed by atoms with Crippen LogP contribution in [-0.4, -0.2) is 17.7 Å². The number of benzene rings is 2. The minimum atomic E-state index is -0.363. The summed E-state index contributed by atoms with van der Waals surface area (Å²) in [7, 11) is 0. The van der Waals surface area contributed by atoms with E-state index in [1.54, 1.807) is 24.3 Å². The highest BCUT2D eigenvalue weighted by molar-refractivity contribution is 5.97. The van der Waals surface area contributed by atoms with E-state index in [0.717, 1.165) is 23.4 Å². The first-order chi connectivity index (χ1) is 14.9. The number of nitrogens with one attached hydrogen (secondary N) is 2. The van der Waals surface area contributed by atoms with Crippen molar-refractivity contribution in [2.45, 2.75) is 63.8 Å². The molecule has 4 aliphatic rings. The Bertz CT molecular complexity index is 942. The van der Waals surface area contributed by atoms with Crippen LogP contribution in [0.5, 0.6) is 0 Å². The number of hydrogen-bond donors (Lipinski definition) is 2. The Balaban J connectivity index is 1.21. The van der Waals surface area contributed by atoms with E-state index in [4.69, 9.17) is 0 Å². The Hall–Kier alpha value is -2.62. The maximum absolute atomic E-state index is 12.6. The smallest absolute Gasteiger partial charge is 0.246 e. The molecule has 31 heavy (non-hydrogen) atoms. The molecule has 1 atom stereocenters. The van der Waals surface area contributed by atoms with Crippen LogP contribution in [0.3, 0.4) is 0 Å². The molecule has 4 saturated carbocycles. The van der Waals surface area contributed by atoms with Gasteiger partial charge in [-0.25, -0.2) is 0 Å². The molecular weight excluding hydrogens is 384 g/mol. The first-order valence-corrected chi connectivity index (χ1v) is 11.7. The molecule has 4 nitrogen and oxygen atoms in total. The second kappa shape index (κ2) is 7.81. The molecule has 2 aromatic carbocycles. The van der Waals surface area contributed by atoms with Crippen LogP contribution >= 0.6 is 0 Å². The third kappa shape index (κ3) is 4.00. The van der Waals surface area contributed by atoms with Crippen LogP contribution in [0.2, 0.25) is 0 Å². The lowest BCUT2D eigenvalue weighted by Gasteiger charge is -2.57. The third-order valence-corrected chi connectivity index (χ3v) is 7.87. The number of Topliss-reactive ketones (excluding diaryl/α,β-unsaturated/α-hetero) is 1. The van der Waals surface area contributed by atoms with Crippen LogP contribution in [0.1, 0.15) is 68.3 Å². The average molecular weight is 417 g/mol. The Morgan fingerprint density at radius 3 is 1.87 bits per heavy atom. The molecule has 0 radical (unpaired) electrons. The van der Waals surface area contributed by atoms with Gasteiger partial charge in [0.05, 0.1) is 0 Å². The van der Waals surface area contributed by atoms with E-state index in [9.17, 15) is 9.59 Å². The van der Waals surface area contributed by atoms with E-state index >= 15 is 0 Å². The molecular formula is C27H32N2O2. The number of carbonyl (C=O) groups is 2. The number of carbonyl (C=O) groups excluding carboxylic acids is 2. The molecule has 6 rings (SSSR count). The van der Waals surface area contributed by atoms with E-state index in [2.05, 4.69) is 34.9 Å². The summed E-state index contributed by atoms with van der Waals surface area (Å²) < 4.78 is 0. The maximum atomic E-state index is 12.6. The van der Waals surface area contributed by atoms with Crippen LogP contribution < -0.4 is 10.6 Å². The standard InChI is InChI=1S/C27H32N2O2/c1-17(26(31)29-25-7-3-22(4-8-25)18(2)30)28-24-9-5-23(6-10-24)27-14-19-11-20(15-27)13-21(12-19)16-27/h3-10,17,19-21,28H,11-16H2,1-2H3,(H,29,31)/t17-,19?,20?,21?,27?/m0/s1. The summed E-state index contributed by atoms with van der Waals surface area (Å²) in [5.41, 5.74) is 4.22. The lowest BCUT2D eigenvalue weighted by atomic mass is 9.48. The molecule has 2 aromatic rings. The molecule has 0 saturated heterocycles. The summed E-state index contributed by atoms with van der Waals surface area (Å²) in [5, 5.41) is 6.24. The molecule has 0 heterocycles. The van der Waals surface area contributed by atoms with Gasteiger partial charge in [0, 0.05) is 16.9 Å². The number of amides is 1. The zero-order valence-electron chi connectivity index (χ0n) is 18.5. The van der Waals surface area contributed by atoms with Crippen LogP contribution in [-0.2, 0) is 10.2 Å². The normalized spacial score (nSPS) is 29.4. The van der Waals surface area contributed by atoms with Gasteiger partial charge in [0.2, 0.25) is 5.91 Å². The molecule has 1 amide bonds. The van der Waals surface area contributed by atoms with Crippen molar-refractivity contribution >= 4 is 23.1 Å². The quantitative estimate of drug-likeness (QED) is 0.586. The second-order valence-corrected chi connectivity index (χ2v) is 10.3. The van der Waals surface area contributed by atoms with E-state index in [-0.39, 0.29) is 17.7 Å². The van der Waals surface area contributed by atoms with Gasteiger partial charge in [0.15, 0.2) is 5.78 Å². The van der Waals surface area contributed by atoms with Gasteiger partial charge in [0.25, 0.3) is 0 Å². The van der Waals surface area contributed by atoms with Crippen molar-refractivity contribution in [3.05, 3.63) is 59.7 Å². The Morgan fingerprint density at radius 2 is 1.35 bits per heavy atom.